The highest BCUT2D eigenvalue weighted by molar-refractivity contribution is 6.13. The topological polar surface area (TPSA) is 29.5 Å². The number of nitrogens with zero attached hydrogens (tertiary/aromatic N) is 1. The van der Waals surface area contributed by atoms with E-state index in [1.54, 1.807) is 0 Å². The zero-order valence-electron chi connectivity index (χ0n) is 43.7. The third-order valence-electron chi connectivity index (χ3n) is 18.6. The van der Waals surface area contributed by atoms with Crippen LogP contribution < -0.4 is 4.90 Å². The molecule has 0 spiro atoms. The Hall–Kier alpha value is -8.40. The number of furan rings is 2. The molecular weight excluding hydrogens is 911 g/mol. The van der Waals surface area contributed by atoms with Crippen molar-refractivity contribution in [3.05, 3.63) is 233 Å². The zero-order chi connectivity index (χ0) is 50.7. The van der Waals surface area contributed by atoms with Crippen molar-refractivity contribution in [1.29, 1.82) is 0 Å². The third kappa shape index (κ3) is 5.50. The fraction of sp³-hybridized carbons (Fsp3) is 0.167. The van der Waals surface area contributed by atoms with Crippen LogP contribution in [0.2, 0.25) is 0 Å². The monoisotopic (exact) mass is 965 g/mol. The van der Waals surface area contributed by atoms with Crippen LogP contribution in [0.25, 0.3) is 99.5 Å². The molecule has 0 saturated carbocycles. The number of hydrogen-bond acceptors (Lipinski definition) is 3. The van der Waals surface area contributed by atoms with E-state index in [9.17, 15) is 0 Å². The van der Waals surface area contributed by atoms with Gasteiger partial charge in [-0.15, -0.1) is 0 Å². The Morgan fingerprint density at radius 1 is 0.280 bits per heavy atom. The standard InChI is InChI=1S/C72H55NO2/c1-69(2)55-31-29-49-47-21-12-14-23-63(47)74-67(49)65(55)53-38-59-51(36-61(53)69)45-27-25-43(34-57(45)71(59,5)6)73(42-20-16-19-41(33-42)40-17-10-9-11-18-40)44-26-28-46-52-37-62-54(39-60(52)72(7,8)58(46)35-44)66-56(70(62,3)4)32-30-50-48-22-13-15-24-64(48)75-68(50)66/h9-39H,1-8H3. The highest BCUT2D eigenvalue weighted by atomic mass is 16.3. The van der Waals surface area contributed by atoms with E-state index in [0.717, 1.165) is 39.4 Å². The highest BCUT2D eigenvalue weighted by Crippen LogP contribution is 2.61. The van der Waals surface area contributed by atoms with E-state index in [-0.39, 0.29) is 21.7 Å². The minimum atomic E-state index is -0.274. The maximum Gasteiger partial charge on any atom is 0.143 e. The average molecular weight is 966 g/mol. The van der Waals surface area contributed by atoms with Gasteiger partial charge in [-0.05, 0) is 162 Å². The number of rotatable bonds is 4. The summed E-state index contributed by atoms with van der Waals surface area (Å²) in [5.41, 5.74) is 29.9. The molecule has 0 aliphatic heterocycles. The summed E-state index contributed by atoms with van der Waals surface area (Å²) in [4.78, 5) is 2.50. The van der Waals surface area contributed by atoms with Gasteiger partial charge in [0, 0.05) is 71.4 Å². The summed E-state index contributed by atoms with van der Waals surface area (Å²) in [6.45, 7) is 19.2. The van der Waals surface area contributed by atoms with Crippen LogP contribution in [0.4, 0.5) is 17.1 Å². The van der Waals surface area contributed by atoms with Gasteiger partial charge in [0.05, 0.1) is 0 Å². The van der Waals surface area contributed by atoms with Crippen LogP contribution in [0.15, 0.2) is 197 Å². The van der Waals surface area contributed by atoms with Crippen molar-refractivity contribution in [2.45, 2.75) is 77.0 Å². The first-order chi connectivity index (χ1) is 36.2. The second kappa shape index (κ2) is 14.3. The van der Waals surface area contributed by atoms with Crippen LogP contribution in [0.3, 0.4) is 0 Å². The predicted molar refractivity (Wildman–Crippen MR) is 311 cm³/mol. The fourth-order valence-electron chi connectivity index (χ4n) is 14.6. The lowest BCUT2D eigenvalue weighted by molar-refractivity contribution is 0.649. The molecule has 0 amide bonds. The van der Waals surface area contributed by atoms with E-state index in [2.05, 4.69) is 248 Å². The van der Waals surface area contributed by atoms with Crippen LogP contribution >= 0.6 is 0 Å². The molecule has 3 heteroatoms. The first kappa shape index (κ1) is 43.0. The highest BCUT2D eigenvalue weighted by Gasteiger charge is 2.45. The lowest BCUT2D eigenvalue weighted by Gasteiger charge is -2.30. The number of para-hydroxylation sites is 2. The van der Waals surface area contributed by atoms with Gasteiger partial charge in [-0.2, -0.15) is 0 Å². The number of anilines is 3. The molecule has 2 aromatic heterocycles. The van der Waals surface area contributed by atoms with Crippen molar-refractivity contribution in [1.82, 2.24) is 0 Å². The molecule has 0 fully saturated rings. The molecule has 0 bridgehead atoms. The molecule has 0 atom stereocenters. The van der Waals surface area contributed by atoms with E-state index in [1.165, 1.54) is 122 Å². The van der Waals surface area contributed by atoms with Crippen molar-refractivity contribution in [3.63, 3.8) is 0 Å². The van der Waals surface area contributed by atoms with Gasteiger partial charge in [-0.25, -0.2) is 0 Å². The second-order valence-corrected chi connectivity index (χ2v) is 24.0. The summed E-state index contributed by atoms with van der Waals surface area (Å²) in [6.07, 6.45) is 0. The molecule has 16 rings (SSSR count). The number of benzene rings is 10. The smallest absolute Gasteiger partial charge is 0.143 e. The SMILES string of the molecule is CC1(C)c2cc(N(c3cccc(-c4ccccc4)c3)c3ccc4c(c3)C(C)(C)c3cc5c(cc3-4)C(C)(C)c3ccc4c(oc6ccccc64)c3-5)ccc2-c2cc3c(cc21)-c1c(ccc2c1oc1ccccc12)C3(C)C. The zero-order valence-corrected chi connectivity index (χ0v) is 43.7. The Kier molecular flexibility index (Phi) is 8.18. The Balaban J connectivity index is 0.845. The minimum absolute atomic E-state index is 0.191. The van der Waals surface area contributed by atoms with Gasteiger partial charge in [0.15, 0.2) is 0 Å². The first-order valence-corrected chi connectivity index (χ1v) is 26.7. The van der Waals surface area contributed by atoms with Crippen LogP contribution in [-0.2, 0) is 21.7 Å². The molecule has 0 radical (unpaired) electrons. The van der Waals surface area contributed by atoms with Crippen molar-refractivity contribution < 1.29 is 8.83 Å². The van der Waals surface area contributed by atoms with Gasteiger partial charge in [-0.1, -0.05) is 171 Å². The maximum absolute atomic E-state index is 6.75. The minimum Gasteiger partial charge on any atom is -0.455 e. The third-order valence-corrected chi connectivity index (χ3v) is 18.6. The molecule has 10 aromatic carbocycles. The van der Waals surface area contributed by atoms with Gasteiger partial charge >= 0.3 is 0 Å². The average Bonchev–Trinajstić information content (AvgIpc) is 4.23. The maximum atomic E-state index is 6.75. The molecule has 0 saturated heterocycles. The van der Waals surface area contributed by atoms with Crippen molar-refractivity contribution in [2.24, 2.45) is 0 Å². The largest absolute Gasteiger partial charge is 0.455 e. The summed E-state index contributed by atoms with van der Waals surface area (Å²) >= 11 is 0. The van der Waals surface area contributed by atoms with Crippen molar-refractivity contribution >= 4 is 60.9 Å². The van der Waals surface area contributed by atoms with Gasteiger partial charge in [0.2, 0.25) is 0 Å². The Morgan fingerprint density at radius 2 is 0.680 bits per heavy atom. The van der Waals surface area contributed by atoms with Gasteiger partial charge in [0.25, 0.3) is 0 Å². The molecule has 12 aromatic rings. The van der Waals surface area contributed by atoms with E-state index in [0.29, 0.717) is 0 Å². The van der Waals surface area contributed by atoms with Crippen molar-refractivity contribution in [3.8, 4) is 55.6 Å². The summed E-state index contributed by atoms with van der Waals surface area (Å²) in [6, 6.07) is 70.6. The Labute approximate surface area is 437 Å². The molecule has 4 aliphatic rings. The van der Waals surface area contributed by atoms with Gasteiger partial charge in [-0.3, -0.25) is 0 Å². The van der Waals surface area contributed by atoms with E-state index in [1.807, 2.05) is 0 Å². The van der Waals surface area contributed by atoms with E-state index in [4.69, 9.17) is 8.83 Å². The molecule has 0 unspecified atom stereocenters. The molecule has 2 heterocycles. The summed E-state index contributed by atoms with van der Waals surface area (Å²) in [5.74, 6) is 0. The summed E-state index contributed by atoms with van der Waals surface area (Å²) in [5, 5.41) is 4.70. The van der Waals surface area contributed by atoms with Crippen LogP contribution in [0.1, 0.15) is 99.9 Å². The summed E-state index contributed by atoms with van der Waals surface area (Å²) in [7, 11) is 0. The number of fused-ring (bicyclic) bond motifs is 20. The quantitative estimate of drug-likeness (QED) is 0.176. The Morgan fingerprint density at radius 3 is 1.19 bits per heavy atom. The lowest BCUT2D eigenvalue weighted by atomic mass is 9.79. The predicted octanol–water partition coefficient (Wildman–Crippen LogP) is 19.8. The van der Waals surface area contributed by atoms with Crippen LogP contribution in [0.5, 0.6) is 0 Å². The molecule has 4 aliphatic carbocycles. The molecule has 3 nitrogen and oxygen atoms in total. The van der Waals surface area contributed by atoms with E-state index < -0.39 is 0 Å². The summed E-state index contributed by atoms with van der Waals surface area (Å²) < 4.78 is 13.5. The Bertz CT molecular complexity index is 4280. The first-order valence-electron chi connectivity index (χ1n) is 26.7. The molecule has 75 heavy (non-hydrogen) atoms. The second-order valence-electron chi connectivity index (χ2n) is 24.0. The lowest BCUT2D eigenvalue weighted by Crippen LogP contribution is -2.18. The van der Waals surface area contributed by atoms with Crippen molar-refractivity contribution in [2.75, 3.05) is 4.90 Å². The molecule has 0 N–H and O–H groups in total. The molecule has 360 valence electrons. The number of hydrogen-bond donors (Lipinski definition) is 0. The normalized spacial score (nSPS) is 16.2. The van der Waals surface area contributed by atoms with Gasteiger partial charge in [0.1, 0.15) is 22.3 Å². The van der Waals surface area contributed by atoms with Crippen LogP contribution in [-0.4, -0.2) is 0 Å². The van der Waals surface area contributed by atoms with Gasteiger partial charge < -0.3 is 13.7 Å². The fourth-order valence-corrected chi connectivity index (χ4v) is 14.6. The molecular formula is C72H55NO2. The van der Waals surface area contributed by atoms with Crippen LogP contribution in [0, 0.1) is 0 Å². The van der Waals surface area contributed by atoms with E-state index >= 15 is 0 Å².